The number of hydrogen-bond acceptors (Lipinski definition) is 6. The number of rotatable bonds is 4. The summed E-state index contributed by atoms with van der Waals surface area (Å²) in [6, 6.07) is 6.28. The normalized spacial score (nSPS) is 32.0. The Morgan fingerprint density at radius 3 is 2.57 bits per heavy atom. The van der Waals surface area contributed by atoms with E-state index in [4.69, 9.17) is 30.9 Å². The number of alkyl halides is 2. The van der Waals surface area contributed by atoms with E-state index < -0.39 is 34.9 Å². The van der Waals surface area contributed by atoms with Crippen molar-refractivity contribution in [3.63, 3.8) is 0 Å². The molecule has 1 aliphatic heterocycles. The molecule has 0 aliphatic carbocycles. The monoisotopic (exact) mass is 380 g/mol. The highest BCUT2D eigenvalue weighted by atomic mass is 79.9. The summed E-state index contributed by atoms with van der Waals surface area (Å²) in [5.41, 5.74) is 0.279. The zero-order valence-corrected chi connectivity index (χ0v) is 13.4. The predicted molar refractivity (Wildman–Crippen MR) is 77.7 cm³/mol. The van der Waals surface area contributed by atoms with Gasteiger partial charge in [-0.2, -0.15) is 0 Å². The molecule has 21 heavy (non-hydrogen) atoms. The van der Waals surface area contributed by atoms with Gasteiger partial charge in [-0.05, 0) is 24.3 Å². The highest BCUT2D eigenvalue weighted by Gasteiger charge is 2.56. The summed E-state index contributed by atoms with van der Waals surface area (Å²) in [6.07, 6.45) is -3.39. The third kappa shape index (κ3) is 3.32. The fraction of sp³-hybridized carbons (Fsp3) is 0.462. The van der Waals surface area contributed by atoms with Crippen molar-refractivity contribution >= 4 is 33.5 Å². The van der Waals surface area contributed by atoms with Crippen LogP contribution in [0.1, 0.15) is 10.4 Å². The first-order valence-corrected chi connectivity index (χ1v) is 7.24. The van der Waals surface area contributed by atoms with Gasteiger partial charge in [-0.15, -0.1) is 0 Å². The van der Waals surface area contributed by atoms with Crippen LogP contribution in [0.3, 0.4) is 0 Å². The van der Waals surface area contributed by atoms with E-state index in [0.29, 0.717) is 5.75 Å². The number of halogens is 2. The van der Waals surface area contributed by atoms with Gasteiger partial charge in [0.25, 0.3) is 0 Å². The maximum atomic E-state index is 12.0. The predicted octanol–water partition coefficient (Wildman–Crippen LogP) is 1.26. The number of hydrogen-bond donors (Lipinski definition) is 2. The van der Waals surface area contributed by atoms with Gasteiger partial charge in [0.1, 0.15) is 18.0 Å². The summed E-state index contributed by atoms with van der Waals surface area (Å²) in [5.74, 6) is -0.0652. The summed E-state index contributed by atoms with van der Waals surface area (Å²) < 4.78 is 13.8. The summed E-state index contributed by atoms with van der Waals surface area (Å²) in [7, 11) is 1.52. The number of carbonyl (C=O) groups is 1. The van der Waals surface area contributed by atoms with Crippen molar-refractivity contribution in [2.45, 2.75) is 22.3 Å². The van der Waals surface area contributed by atoms with Gasteiger partial charge in [0.05, 0.1) is 19.3 Å². The smallest absolute Gasteiger partial charge is 0.340 e. The number of ether oxygens (including phenoxy) is 3. The SMILES string of the molecule is COc1ccc(C(=O)OC2O[C@H](CO)[C@@H](O)[C@]2(Cl)Br)cc1. The maximum absolute atomic E-state index is 12.0. The van der Waals surface area contributed by atoms with Crippen LogP contribution in [0.4, 0.5) is 0 Å². The van der Waals surface area contributed by atoms with Crippen LogP contribution in [-0.2, 0) is 9.47 Å². The fourth-order valence-electron chi connectivity index (χ4n) is 1.85. The van der Waals surface area contributed by atoms with Crippen molar-refractivity contribution in [2.75, 3.05) is 13.7 Å². The lowest BCUT2D eigenvalue weighted by Crippen LogP contribution is -2.39. The van der Waals surface area contributed by atoms with Gasteiger partial charge in [-0.3, -0.25) is 0 Å². The van der Waals surface area contributed by atoms with Crippen molar-refractivity contribution in [1.82, 2.24) is 0 Å². The Balaban J connectivity index is 2.08. The quantitative estimate of drug-likeness (QED) is 0.603. The molecule has 8 heteroatoms. The molecule has 1 unspecified atom stereocenters. The molecule has 1 fully saturated rings. The van der Waals surface area contributed by atoms with E-state index in [1.165, 1.54) is 19.2 Å². The molecule has 1 aromatic carbocycles. The minimum Gasteiger partial charge on any atom is -0.497 e. The summed E-state index contributed by atoms with van der Waals surface area (Å²) in [4.78, 5) is 12.0. The number of esters is 1. The van der Waals surface area contributed by atoms with Crippen LogP contribution in [0.2, 0.25) is 0 Å². The third-order valence-corrected chi connectivity index (χ3v) is 4.32. The topological polar surface area (TPSA) is 85.2 Å². The van der Waals surface area contributed by atoms with E-state index in [9.17, 15) is 9.90 Å². The molecule has 0 bridgehead atoms. The van der Waals surface area contributed by atoms with Crippen molar-refractivity contribution in [1.29, 1.82) is 0 Å². The van der Waals surface area contributed by atoms with Crippen LogP contribution in [0.15, 0.2) is 24.3 Å². The van der Waals surface area contributed by atoms with E-state index in [1.807, 2.05) is 0 Å². The van der Waals surface area contributed by atoms with Gasteiger partial charge in [0.2, 0.25) is 6.29 Å². The molecule has 0 saturated carbocycles. The molecule has 0 spiro atoms. The molecule has 1 aromatic rings. The minimum atomic E-state index is -1.51. The van der Waals surface area contributed by atoms with Crippen LogP contribution >= 0.6 is 27.5 Å². The third-order valence-electron chi connectivity index (χ3n) is 3.08. The largest absolute Gasteiger partial charge is 0.497 e. The minimum absolute atomic E-state index is 0.279. The molecule has 1 aliphatic rings. The maximum Gasteiger partial charge on any atom is 0.340 e. The molecular formula is C13H14BrClO6. The fourth-order valence-corrected chi connectivity index (χ4v) is 2.59. The van der Waals surface area contributed by atoms with Crippen LogP contribution in [0.5, 0.6) is 5.75 Å². The van der Waals surface area contributed by atoms with Gasteiger partial charge in [-0.1, -0.05) is 27.5 Å². The average Bonchev–Trinajstić information content (AvgIpc) is 2.70. The Hall–Kier alpha value is -0.860. The molecule has 4 atom stereocenters. The molecule has 6 nitrogen and oxygen atoms in total. The van der Waals surface area contributed by atoms with E-state index in [0.717, 1.165) is 0 Å². The first-order valence-electron chi connectivity index (χ1n) is 6.07. The van der Waals surface area contributed by atoms with Gasteiger partial charge < -0.3 is 24.4 Å². The number of aliphatic hydroxyl groups is 2. The van der Waals surface area contributed by atoms with Crippen LogP contribution < -0.4 is 4.74 Å². The standard InChI is InChI=1S/C13H14BrClO6/c1-19-8-4-2-7(3-5-8)11(18)21-12-13(14,15)10(17)9(6-16)20-12/h2-5,9-10,12,16-17H,6H2,1H3/t9-,10-,12?,13-/m1/s1. The van der Waals surface area contributed by atoms with E-state index >= 15 is 0 Å². The van der Waals surface area contributed by atoms with E-state index in [1.54, 1.807) is 12.1 Å². The van der Waals surface area contributed by atoms with Gasteiger partial charge >= 0.3 is 5.97 Å². The zero-order chi connectivity index (χ0) is 15.6. The second-order valence-electron chi connectivity index (χ2n) is 4.44. The van der Waals surface area contributed by atoms with E-state index in [2.05, 4.69) is 15.9 Å². The van der Waals surface area contributed by atoms with Crippen molar-refractivity contribution in [3.8, 4) is 5.75 Å². The lowest BCUT2D eigenvalue weighted by Gasteiger charge is -2.22. The van der Waals surface area contributed by atoms with Gasteiger partial charge in [0.15, 0.2) is 3.78 Å². The molecule has 116 valence electrons. The van der Waals surface area contributed by atoms with E-state index in [-0.39, 0.29) is 5.56 Å². The van der Waals surface area contributed by atoms with Crippen LogP contribution in [-0.4, -0.2) is 52.2 Å². The van der Waals surface area contributed by atoms with Crippen LogP contribution in [0.25, 0.3) is 0 Å². The second-order valence-corrected chi connectivity index (χ2v) is 6.84. The Kier molecular flexibility index (Phi) is 5.11. The summed E-state index contributed by atoms with van der Waals surface area (Å²) in [6.45, 7) is -0.447. The lowest BCUT2D eigenvalue weighted by atomic mass is 10.2. The van der Waals surface area contributed by atoms with Crippen molar-refractivity contribution in [2.24, 2.45) is 0 Å². The van der Waals surface area contributed by atoms with Crippen LogP contribution in [0, 0.1) is 0 Å². The molecule has 0 aromatic heterocycles. The molecule has 0 radical (unpaired) electrons. The number of methoxy groups -OCH3 is 1. The molecule has 0 amide bonds. The Morgan fingerprint density at radius 2 is 2.10 bits per heavy atom. The summed E-state index contributed by atoms with van der Waals surface area (Å²) >= 11 is 9.13. The first kappa shape index (κ1) is 16.5. The Bertz CT molecular complexity index is 506. The van der Waals surface area contributed by atoms with Gasteiger partial charge in [0, 0.05) is 0 Å². The van der Waals surface area contributed by atoms with Gasteiger partial charge in [-0.25, -0.2) is 4.79 Å². The lowest BCUT2D eigenvalue weighted by molar-refractivity contribution is -0.116. The van der Waals surface area contributed by atoms with Crippen molar-refractivity contribution < 1.29 is 29.2 Å². The Labute approximate surface area is 134 Å². The highest BCUT2D eigenvalue weighted by Crippen LogP contribution is 2.42. The molecule has 1 saturated heterocycles. The molecule has 2 N–H and O–H groups in total. The molecular weight excluding hydrogens is 367 g/mol. The summed E-state index contributed by atoms with van der Waals surface area (Å²) in [5, 5.41) is 18.9. The number of benzene rings is 1. The number of carbonyl (C=O) groups excluding carboxylic acids is 1. The Morgan fingerprint density at radius 1 is 1.48 bits per heavy atom. The zero-order valence-electron chi connectivity index (χ0n) is 11.0. The second kappa shape index (κ2) is 6.50. The first-order chi connectivity index (χ1) is 9.90. The number of aliphatic hydroxyl groups excluding tert-OH is 2. The highest BCUT2D eigenvalue weighted by molar-refractivity contribution is 9.10. The van der Waals surface area contributed by atoms with Crippen molar-refractivity contribution in [3.05, 3.63) is 29.8 Å². The molecule has 1 heterocycles. The molecule has 2 rings (SSSR count). The average molecular weight is 382 g/mol.